The molecule has 1 aliphatic heterocycles. The maximum atomic E-state index is 12.4. The lowest BCUT2D eigenvalue weighted by molar-refractivity contribution is 0.0193. The fourth-order valence-corrected chi connectivity index (χ4v) is 3.46. The number of likely N-dealkylation sites (tertiary alicyclic amines) is 1. The molecule has 9 heteroatoms. The van der Waals surface area contributed by atoms with Crippen molar-refractivity contribution in [1.82, 2.24) is 30.2 Å². The van der Waals surface area contributed by atoms with Crippen LogP contribution in [0.4, 0.5) is 4.79 Å². The first-order chi connectivity index (χ1) is 14.1. The van der Waals surface area contributed by atoms with E-state index in [2.05, 4.69) is 27.6 Å². The normalized spacial score (nSPS) is 19.0. The average Bonchev–Trinajstić information content (AvgIpc) is 3.06. The maximum absolute atomic E-state index is 12.4. The van der Waals surface area contributed by atoms with E-state index in [0.717, 1.165) is 37.5 Å². The van der Waals surface area contributed by atoms with E-state index in [1.165, 1.54) is 0 Å². The summed E-state index contributed by atoms with van der Waals surface area (Å²) in [6, 6.07) is 0.277. The maximum Gasteiger partial charge on any atom is 0.410 e. The van der Waals surface area contributed by atoms with Crippen LogP contribution in [0.2, 0.25) is 0 Å². The highest BCUT2D eigenvalue weighted by atomic mass is 16.6. The monoisotopic (exact) mass is 421 g/mol. The fraction of sp³-hybridized carbons (Fsp3) is 0.762. The number of nitrogens with one attached hydrogen (secondary N) is 2. The second kappa shape index (κ2) is 10.7. The number of hydrogen-bond acceptors (Lipinski definition) is 5. The number of nitrogens with zero attached hydrogens (tertiary/aromatic N) is 5. The molecule has 1 amide bonds. The molecule has 2 heterocycles. The molecule has 0 aromatic carbocycles. The van der Waals surface area contributed by atoms with Crippen molar-refractivity contribution in [3.63, 3.8) is 0 Å². The molecule has 170 valence electrons. The summed E-state index contributed by atoms with van der Waals surface area (Å²) >= 11 is 0. The summed E-state index contributed by atoms with van der Waals surface area (Å²) in [5, 5.41) is 11.1. The zero-order valence-electron chi connectivity index (χ0n) is 19.6. The van der Waals surface area contributed by atoms with Gasteiger partial charge in [0.15, 0.2) is 5.96 Å². The van der Waals surface area contributed by atoms with Gasteiger partial charge in [-0.25, -0.2) is 4.79 Å². The van der Waals surface area contributed by atoms with Crippen molar-refractivity contribution in [2.45, 2.75) is 58.2 Å². The first-order valence-corrected chi connectivity index (χ1v) is 10.8. The van der Waals surface area contributed by atoms with Gasteiger partial charge in [0.25, 0.3) is 0 Å². The van der Waals surface area contributed by atoms with Gasteiger partial charge in [-0.15, -0.1) is 0 Å². The standard InChI is InChI=1S/C21H39N7O2/c1-8-22-19(23-13-18(26(5)6)16-12-24-27(7)14-16)25-17-10-9-11-28(15-17)20(29)30-21(2,3)4/h12,14,17-18H,8-11,13,15H2,1-7H3,(H2,22,23,25). The largest absolute Gasteiger partial charge is 0.444 e. The molecule has 1 aliphatic rings. The summed E-state index contributed by atoms with van der Waals surface area (Å²) in [5.41, 5.74) is 0.650. The third-order valence-electron chi connectivity index (χ3n) is 4.91. The lowest BCUT2D eigenvalue weighted by Gasteiger charge is -2.35. The van der Waals surface area contributed by atoms with E-state index in [0.29, 0.717) is 13.1 Å². The number of amides is 1. The Bertz CT molecular complexity index is 708. The molecule has 0 aliphatic carbocycles. The van der Waals surface area contributed by atoms with Gasteiger partial charge in [0.1, 0.15) is 5.60 Å². The van der Waals surface area contributed by atoms with Crippen molar-refractivity contribution in [3.05, 3.63) is 18.0 Å². The highest BCUT2D eigenvalue weighted by molar-refractivity contribution is 5.80. The quantitative estimate of drug-likeness (QED) is 0.540. The molecule has 30 heavy (non-hydrogen) atoms. The minimum atomic E-state index is -0.485. The van der Waals surface area contributed by atoms with Gasteiger partial charge >= 0.3 is 6.09 Å². The zero-order valence-corrected chi connectivity index (χ0v) is 19.6. The van der Waals surface area contributed by atoms with E-state index in [4.69, 9.17) is 9.73 Å². The molecule has 1 aromatic rings. The van der Waals surface area contributed by atoms with E-state index >= 15 is 0 Å². The number of ether oxygens (including phenoxy) is 1. The second-order valence-corrected chi connectivity index (χ2v) is 9.06. The van der Waals surface area contributed by atoms with Crippen molar-refractivity contribution in [3.8, 4) is 0 Å². The van der Waals surface area contributed by atoms with Crippen LogP contribution in [0.25, 0.3) is 0 Å². The van der Waals surface area contributed by atoms with Gasteiger partial charge in [-0.3, -0.25) is 9.67 Å². The number of likely N-dealkylation sites (N-methyl/N-ethyl adjacent to an activating group) is 1. The lowest BCUT2D eigenvalue weighted by Crippen LogP contribution is -2.53. The summed E-state index contributed by atoms with van der Waals surface area (Å²) in [6.07, 6.45) is 5.59. The van der Waals surface area contributed by atoms with Gasteiger partial charge in [-0.05, 0) is 54.6 Å². The van der Waals surface area contributed by atoms with Crippen molar-refractivity contribution >= 4 is 12.1 Å². The fourth-order valence-electron chi connectivity index (χ4n) is 3.46. The van der Waals surface area contributed by atoms with E-state index < -0.39 is 5.60 Å². The van der Waals surface area contributed by atoms with Crippen LogP contribution >= 0.6 is 0 Å². The van der Waals surface area contributed by atoms with Gasteiger partial charge < -0.3 is 25.2 Å². The molecule has 0 spiro atoms. The van der Waals surface area contributed by atoms with Crippen LogP contribution in [0.1, 0.15) is 52.1 Å². The Hall–Kier alpha value is -2.29. The predicted molar refractivity (Wildman–Crippen MR) is 120 cm³/mol. The number of carbonyl (C=O) groups excluding carboxylic acids is 1. The van der Waals surface area contributed by atoms with Crippen LogP contribution < -0.4 is 10.6 Å². The first-order valence-electron chi connectivity index (χ1n) is 10.8. The molecule has 0 bridgehead atoms. The van der Waals surface area contributed by atoms with Gasteiger partial charge in [-0.2, -0.15) is 5.10 Å². The average molecular weight is 422 g/mol. The van der Waals surface area contributed by atoms with Crippen molar-refractivity contribution in [2.75, 3.05) is 40.3 Å². The Morgan fingerprint density at radius 2 is 2.17 bits per heavy atom. The topological polar surface area (TPSA) is 87.0 Å². The van der Waals surface area contributed by atoms with Gasteiger partial charge in [0.2, 0.25) is 0 Å². The Labute approximate surface area is 180 Å². The predicted octanol–water partition coefficient (Wildman–Crippen LogP) is 1.98. The number of guanidine groups is 1. The molecular formula is C21H39N7O2. The number of aliphatic imine (C=N–C) groups is 1. The van der Waals surface area contributed by atoms with Gasteiger partial charge in [0.05, 0.1) is 18.8 Å². The van der Waals surface area contributed by atoms with Crippen LogP contribution in [0.5, 0.6) is 0 Å². The molecule has 0 saturated carbocycles. The highest BCUT2D eigenvalue weighted by Gasteiger charge is 2.28. The molecule has 1 fully saturated rings. The minimum Gasteiger partial charge on any atom is -0.444 e. The van der Waals surface area contributed by atoms with Crippen LogP contribution in [0, 0.1) is 0 Å². The summed E-state index contributed by atoms with van der Waals surface area (Å²) in [6.45, 7) is 10.4. The zero-order chi connectivity index (χ0) is 22.3. The highest BCUT2D eigenvalue weighted by Crippen LogP contribution is 2.18. The third-order valence-corrected chi connectivity index (χ3v) is 4.91. The Balaban J connectivity index is 2.02. The molecule has 0 radical (unpaired) electrons. The SMILES string of the molecule is CCNC(=NCC(c1cnn(C)c1)N(C)C)NC1CCCN(C(=O)OC(C)(C)C)C1. The smallest absolute Gasteiger partial charge is 0.410 e. The number of hydrogen-bond donors (Lipinski definition) is 2. The molecule has 1 aromatic heterocycles. The number of aromatic nitrogens is 2. The van der Waals surface area contributed by atoms with Gasteiger partial charge in [-0.1, -0.05) is 0 Å². The molecular weight excluding hydrogens is 382 g/mol. The third kappa shape index (κ3) is 7.51. The van der Waals surface area contributed by atoms with Crippen molar-refractivity contribution < 1.29 is 9.53 Å². The number of carbonyl (C=O) groups is 1. The first kappa shape index (κ1) is 24.0. The second-order valence-electron chi connectivity index (χ2n) is 9.06. The Morgan fingerprint density at radius 1 is 1.43 bits per heavy atom. The molecule has 2 atom stereocenters. The molecule has 2 N–H and O–H groups in total. The summed E-state index contributed by atoms with van der Waals surface area (Å²) in [7, 11) is 6.02. The Morgan fingerprint density at radius 3 is 2.73 bits per heavy atom. The summed E-state index contributed by atoms with van der Waals surface area (Å²) in [4.78, 5) is 21.2. The van der Waals surface area contributed by atoms with Crippen molar-refractivity contribution in [1.29, 1.82) is 0 Å². The molecule has 2 rings (SSSR count). The van der Waals surface area contributed by atoms with Crippen LogP contribution in [0.15, 0.2) is 17.4 Å². The minimum absolute atomic E-state index is 0.138. The number of rotatable bonds is 6. The molecule has 2 unspecified atom stereocenters. The summed E-state index contributed by atoms with van der Waals surface area (Å²) in [5.74, 6) is 0.768. The van der Waals surface area contributed by atoms with E-state index in [-0.39, 0.29) is 18.2 Å². The van der Waals surface area contributed by atoms with E-state index in [1.54, 1.807) is 4.90 Å². The summed E-state index contributed by atoms with van der Waals surface area (Å²) < 4.78 is 7.35. The van der Waals surface area contributed by atoms with E-state index in [9.17, 15) is 4.79 Å². The van der Waals surface area contributed by atoms with E-state index in [1.807, 2.05) is 59.0 Å². The Kier molecular flexibility index (Phi) is 8.52. The lowest BCUT2D eigenvalue weighted by atomic mass is 10.1. The van der Waals surface area contributed by atoms with Crippen LogP contribution in [-0.2, 0) is 11.8 Å². The van der Waals surface area contributed by atoms with Crippen LogP contribution in [0.3, 0.4) is 0 Å². The molecule has 9 nitrogen and oxygen atoms in total. The number of piperidine rings is 1. The number of aryl methyl sites for hydroxylation is 1. The van der Waals surface area contributed by atoms with Gasteiger partial charge in [0, 0.05) is 44.5 Å². The van der Waals surface area contributed by atoms with Crippen molar-refractivity contribution in [2.24, 2.45) is 12.0 Å². The van der Waals surface area contributed by atoms with Crippen LogP contribution in [-0.4, -0.2) is 83.6 Å². The molecule has 1 saturated heterocycles.